The van der Waals surface area contributed by atoms with E-state index in [1.54, 1.807) is 0 Å². The minimum absolute atomic E-state index is 0.0740. The highest BCUT2D eigenvalue weighted by molar-refractivity contribution is 14.1. The zero-order valence-electron chi connectivity index (χ0n) is 13.4. The number of hydrogen-bond donors (Lipinski definition) is 0. The second-order valence-electron chi connectivity index (χ2n) is 6.48. The third-order valence-electron chi connectivity index (χ3n) is 4.20. The molecule has 0 amide bonds. The number of alkyl halides is 1. The van der Waals surface area contributed by atoms with Gasteiger partial charge in [0.15, 0.2) is 0 Å². The molecule has 0 saturated carbocycles. The first kappa shape index (κ1) is 17.1. The molecule has 1 aromatic heterocycles. The summed E-state index contributed by atoms with van der Waals surface area (Å²) in [6, 6.07) is 6.45. The molecule has 1 aromatic carbocycles. The maximum Gasteiger partial charge on any atom is 0.127 e. The molecule has 0 aliphatic heterocycles. The van der Waals surface area contributed by atoms with E-state index in [0.717, 1.165) is 17.9 Å². The van der Waals surface area contributed by atoms with Gasteiger partial charge in [0.25, 0.3) is 0 Å². The van der Waals surface area contributed by atoms with Crippen LogP contribution in [-0.2, 0) is 6.54 Å². The fraction of sp³-hybridized carbons (Fsp3) is 0.588. The molecule has 21 heavy (non-hydrogen) atoms. The monoisotopic (exact) mass is 418 g/mol. The largest absolute Gasteiger partial charge is 0.326 e. The number of hydrogen-bond acceptors (Lipinski definition) is 1. The van der Waals surface area contributed by atoms with Crippen LogP contribution >= 0.6 is 34.2 Å². The van der Waals surface area contributed by atoms with E-state index in [0.29, 0.717) is 17.8 Å². The Kier molecular flexibility index (Phi) is 5.58. The van der Waals surface area contributed by atoms with Gasteiger partial charge in [-0.1, -0.05) is 27.7 Å². The summed E-state index contributed by atoms with van der Waals surface area (Å²) < 4.78 is 3.54. The standard InChI is InChI=1S/C17H24ClIN2/c1-10(2)14(11(3)4)9-21-16-7-6-13(19)8-15(16)20-17(21)12(5)18/h6-8,10-12,14H,9H2,1-5H3. The van der Waals surface area contributed by atoms with Crippen LogP contribution in [0.5, 0.6) is 0 Å². The zero-order chi connectivity index (χ0) is 15.7. The van der Waals surface area contributed by atoms with Crippen molar-refractivity contribution < 1.29 is 0 Å². The summed E-state index contributed by atoms with van der Waals surface area (Å²) in [6.07, 6.45) is 0. The second kappa shape index (κ2) is 6.86. The van der Waals surface area contributed by atoms with Crippen LogP contribution in [0.4, 0.5) is 0 Å². The third-order valence-corrected chi connectivity index (χ3v) is 5.07. The Balaban J connectivity index is 2.52. The lowest BCUT2D eigenvalue weighted by atomic mass is 9.85. The Hall–Kier alpha value is -0.290. The predicted octanol–water partition coefficient (Wildman–Crippen LogP) is 5.87. The maximum absolute atomic E-state index is 6.38. The number of imidazole rings is 1. The van der Waals surface area contributed by atoms with Crippen LogP contribution in [-0.4, -0.2) is 9.55 Å². The van der Waals surface area contributed by atoms with Crippen LogP contribution in [0.2, 0.25) is 0 Å². The van der Waals surface area contributed by atoms with Crippen molar-refractivity contribution in [1.29, 1.82) is 0 Å². The maximum atomic E-state index is 6.38. The minimum atomic E-state index is -0.0740. The summed E-state index contributed by atoms with van der Waals surface area (Å²) in [6.45, 7) is 12.2. The van der Waals surface area contributed by atoms with Gasteiger partial charge in [-0.15, -0.1) is 11.6 Å². The number of aromatic nitrogens is 2. The molecule has 4 heteroatoms. The molecule has 2 rings (SSSR count). The zero-order valence-corrected chi connectivity index (χ0v) is 16.3. The van der Waals surface area contributed by atoms with Gasteiger partial charge in [-0.25, -0.2) is 4.98 Å². The van der Waals surface area contributed by atoms with E-state index < -0.39 is 0 Å². The quantitative estimate of drug-likeness (QED) is 0.438. The van der Waals surface area contributed by atoms with Crippen LogP contribution in [0.1, 0.15) is 45.8 Å². The third kappa shape index (κ3) is 3.73. The van der Waals surface area contributed by atoms with Gasteiger partial charge in [-0.05, 0) is 65.5 Å². The van der Waals surface area contributed by atoms with Crippen molar-refractivity contribution in [2.45, 2.75) is 46.5 Å². The lowest BCUT2D eigenvalue weighted by Gasteiger charge is -2.26. The number of rotatable bonds is 5. The fourth-order valence-corrected chi connectivity index (χ4v) is 3.66. The molecular weight excluding hydrogens is 395 g/mol. The van der Waals surface area contributed by atoms with E-state index in [1.165, 1.54) is 9.09 Å². The summed E-state index contributed by atoms with van der Waals surface area (Å²) >= 11 is 8.71. The molecule has 0 fully saturated rings. The molecule has 116 valence electrons. The second-order valence-corrected chi connectivity index (χ2v) is 8.38. The molecule has 0 saturated heterocycles. The Morgan fingerprint density at radius 2 is 1.76 bits per heavy atom. The van der Waals surface area contributed by atoms with Gasteiger partial charge in [-0.2, -0.15) is 0 Å². The highest BCUT2D eigenvalue weighted by Crippen LogP contribution is 2.30. The fourth-order valence-electron chi connectivity index (χ4n) is 3.02. The van der Waals surface area contributed by atoms with Crippen molar-refractivity contribution in [2.24, 2.45) is 17.8 Å². The summed E-state index contributed by atoms with van der Waals surface area (Å²) in [5, 5.41) is -0.0740. The molecule has 1 atom stereocenters. The molecular formula is C17H24ClIN2. The van der Waals surface area contributed by atoms with Crippen LogP contribution < -0.4 is 0 Å². The molecule has 0 N–H and O–H groups in total. The first-order valence-corrected chi connectivity index (χ1v) is 9.12. The first-order chi connectivity index (χ1) is 9.81. The molecule has 0 radical (unpaired) electrons. The molecule has 2 aromatic rings. The van der Waals surface area contributed by atoms with Crippen molar-refractivity contribution in [3.05, 3.63) is 27.6 Å². The number of halogens is 2. The molecule has 0 aliphatic rings. The van der Waals surface area contributed by atoms with Gasteiger partial charge in [0.1, 0.15) is 5.82 Å². The van der Waals surface area contributed by atoms with E-state index in [2.05, 4.69) is 73.1 Å². The highest BCUT2D eigenvalue weighted by Gasteiger charge is 2.22. The van der Waals surface area contributed by atoms with Gasteiger partial charge < -0.3 is 4.57 Å². The van der Waals surface area contributed by atoms with Gasteiger partial charge in [-0.3, -0.25) is 0 Å². The average molecular weight is 419 g/mol. The summed E-state index contributed by atoms with van der Waals surface area (Å²) in [5.74, 6) is 2.89. The van der Waals surface area contributed by atoms with E-state index in [9.17, 15) is 0 Å². The lowest BCUT2D eigenvalue weighted by molar-refractivity contribution is 0.252. The summed E-state index contributed by atoms with van der Waals surface area (Å²) in [7, 11) is 0. The number of nitrogens with zero attached hydrogens (tertiary/aromatic N) is 2. The number of benzene rings is 1. The first-order valence-electron chi connectivity index (χ1n) is 7.61. The summed E-state index contributed by atoms with van der Waals surface area (Å²) in [5.41, 5.74) is 2.25. The Bertz CT molecular complexity index is 609. The minimum Gasteiger partial charge on any atom is -0.326 e. The van der Waals surface area contributed by atoms with Gasteiger partial charge >= 0.3 is 0 Å². The molecule has 2 nitrogen and oxygen atoms in total. The number of fused-ring (bicyclic) bond motifs is 1. The SMILES string of the molecule is CC(Cl)c1nc2cc(I)ccc2n1CC(C(C)C)C(C)C. The Morgan fingerprint density at radius 1 is 1.14 bits per heavy atom. The Labute approximate surface area is 146 Å². The molecule has 0 bridgehead atoms. The normalized spacial score (nSPS) is 13.8. The Morgan fingerprint density at radius 3 is 2.29 bits per heavy atom. The highest BCUT2D eigenvalue weighted by atomic mass is 127. The van der Waals surface area contributed by atoms with Gasteiger partial charge in [0, 0.05) is 10.1 Å². The van der Waals surface area contributed by atoms with Crippen molar-refractivity contribution in [2.75, 3.05) is 0 Å². The van der Waals surface area contributed by atoms with Crippen LogP contribution in [0.15, 0.2) is 18.2 Å². The van der Waals surface area contributed by atoms with Gasteiger partial charge in [0.05, 0.1) is 16.4 Å². The molecule has 0 aliphatic carbocycles. The van der Waals surface area contributed by atoms with Gasteiger partial charge in [0.2, 0.25) is 0 Å². The predicted molar refractivity (Wildman–Crippen MR) is 99.9 cm³/mol. The van der Waals surface area contributed by atoms with Crippen molar-refractivity contribution >= 4 is 45.2 Å². The summed E-state index contributed by atoms with van der Waals surface area (Å²) in [4.78, 5) is 4.77. The molecule has 0 spiro atoms. The van der Waals surface area contributed by atoms with Crippen molar-refractivity contribution in [3.8, 4) is 0 Å². The van der Waals surface area contributed by atoms with Crippen LogP contribution in [0.3, 0.4) is 0 Å². The molecule has 1 unspecified atom stereocenters. The van der Waals surface area contributed by atoms with Crippen LogP contribution in [0.25, 0.3) is 11.0 Å². The van der Waals surface area contributed by atoms with E-state index in [-0.39, 0.29) is 5.38 Å². The van der Waals surface area contributed by atoms with E-state index >= 15 is 0 Å². The lowest BCUT2D eigenvalue weighted by Crippen LogP contribution is -2.23. The average Bonchev–Trinajstić information content (AvgIpc) is 2.72. The van der Waals surface area contributed by atoms with Crippen LogP contribution in [0, 0.1) is 21.3 Å². The topological polar surface area (TPSA) is 17.8 Å². The smallest absolute Gasteiger partial charge is 0.127 e. The van der Waals surface area contributed by atoms with Crippen molar-refractivity contribution in [3.63, 3.8) is 0 Å². The molecule has 1 heterocycles. The van der Waals surface area contributed by atoms with E-state index in [1.807, 2.05) is 6.92 Å². The van der Waals surface area contributed by atoms with Crippen molar-refractivity contribution in [1.82, 2.24) is 9.55 Å². The van der Waals surface area contributed by atoms with E-state index in [4.69, 9.17) is 16.6 Å².